The molecule has 2 aromatic rings. The van der Waals surface area contributed by atoms with E-state index in [2.05, 4.69) is 17.4 Å². The summed E-state index contributed by atoms with van der Waals surface area (Å²) in [6, 6.07) is 16.2. The topological polar surface area (TPSA) is 61.8 Å². The second-order valence-corrected chi connectivity index (χ2v) is 8.27. The highest BCUT2D eigenvalue weighted by atomic mass is 16.5. The molecule has 5 nitrogen and oxygen atoms in total. The van der Waals surface area contributed by atoms with E-state index in [1.54, 1.807) is 4.90 Å². The molecule has 0 fully saturated rings. The van der Waals surface area contributed by atoms with E-state index in [1.165, 1.54) is 11.1 Å². The van der Waals surface area contributed by atoms with Gasteiger partial charge >= 0.3 is 5.97 Å². The normalized spacial score (nSPS) is 19.2. The van der Waals surface area contributed by atoms with Gasteiger partial charge in [-0.15, -0.1) is 0 Å². The highest BCUT2D eigenvalue weighted by molar-refractivity contribution is 5.89. The number of carboxylic acid groups (broad SMARTS) is 1. The van der Waals surface area contributed by atoms with Crippen molar-refractivity contribution in [2.24, 2.45) is 0 Å². The summed E-state index contributed by atoms with van der Waals surface area (Å²) >= 11 is 0. The number of hydrogen-bond acceptors (Lipinski definition) is 4. The van der Waals surface area contributed by atoms with Crippen LogP contribution in [0.1, 0.15) is 36.3 Å². The summed E-state index contributed by atoms with van der Waals surface area (Å²) in [6.07, 6.45) is 13.7. The Balaban J connectivity index is 1.33. The summed E-state index contributed by atoms with van der Waals surface area (Å²) in [5.74, 6) is 1.08. The Hall–Kier alpha value is -3.73. The zero-order valence-electron chi connectivity index (χ0n) is 17.8. The minimum Gasteiger partial charge on any atom is -0.476 e. The molecule has 1 atom stereocenters. The van der Waals surface area contributed by atoms with Crippen molar-refractivity contribution in [3.8, 4) is 11.5 Å². The molecule has 5 rings (SSSR count). The first kappa shape index (κ1) is 20.2. The fourth-order valence-corrected chi connectivity index (χ4v) is 4.65. The standard InChI is InChI=1S/C27H26N2O3/c30-27(31)26-25(15-12-21-9-4-5-16-29(21)26)28-18-20-8-6-7-19-17-23(13-14-24(19)20)32-22-10-2-1-3-11-22/h1-3,5,9-17,20,28H,4,6-8,18H2,(H,30,31). The average Bonchev–Trinajstić information content (AvgIpc) is 2.82. The number of rotatable bonds is 6. The molecule has 0 spiro atoms. The number of para-hydroxylation sites is 1. The van der Waals surface area contributed by atoms with E-state index in [0.29, 0.717) is 18.2 Å². The van der Waals surface area contributed by atoms with Crippen LogP contribution in [0.25, 0.3) is 0 Å². The number of carboxylic acids is 1. The van der Waals surface area contributed by atoms with Gasteiger partial charge in [0.15, 0.2) is 5.70 Å². The Morgan fingerprint density at radius 3 is 2.84 bits per heavy atom. The van der Waals surface area contributed by atoms with Gasteiger partial charge in [0, 0.05) is 24.4 Å². The lowest BCUT2D eigenvalue weighted by Crippen LogP contribution is -2.32. The van der Waals surface area contributed by atoms with Crippen molar-refractivity contribution in [3.05, 3.63) is 107 Å². The highest BCUT2D eigenvalue weighted by Crippen LogP contribution is 2.35. The first-order valence-corrected chi connectivity index (χ1v) is 11.1. The van der Waals surface area contributed by atoms with Crippen LogP contribution in [0, 0.1) is 0 Å². The van der Waals surface area contributed by atoms with Gasteiger partial charge in [-0.3, -0.25) is 0 Å². The maximum Gasteiger partial charge on any atom is 0.355 e. The van der Waals surface area contributed by atoms with E-state index in [1.807, 2.05) is 66.9 Å². The smallest absolute Gasteiger partial charge is 0.355 e. The fourth-order valence-electron chi connectivity index (χ4n) is 4.65. The molecule has 0 saturated heterocycles. The minimum atomic E-state index is -0.930. The number of nitrogens with zero attached hydrogens (tertiary/aromatic N) is 1. The number of ether oxygens (including phenoxy) is 1. The van der Waals surface area contributed by atoms with Gasteiger partial charge in [-0.25, -0.2) is 4.79 Å². The molecule has 2 N–H and O–H groups in total. The number of benzene rings is 2. The van der Waals surface area contributed by atoms with Crippen LogP contribution in [0.3, 0.4) is 0 Å². The Labute approximate surface area is 188 Å². The first-order chi connectivity index (χ1) is 15.7. The van der Waals surface area contributed by atoms with Gasteiger partial charge in [0.25, 0.3) is 0 Å². The molecule has 0 amide bonds. The molecule has 3 aliphatic rings. The van der Waals surface area contributed by atoms with Crippen molar-refractivity contribution in [1.82, 2.24) is 10.2 Å². The fraction of sp³-hybridized carbons (Fsp3) is 0.222. The van der Waals surface area contributed by atoms with Gasteiger partial charge in [0.1, 0.15) is 11.5 Å². The molecule has 0 aromatic heterocycles. The van der Waals surface area contributed by atoms with E-state index in [-0.39, 0.29) is 5.70 Å². The SMILES string of the molecule is O=C(O)C1=C(NCC2CCCc3cc(Oc4ccccc4)ccc32)C=CC2=CCC=CN21. The largest absolute Gasteiger partial charge is 0.476 e. The maximum atomic E-state index is 12.0. The zero-order chi connectivity index (χ0) is 21.9. The quantitative estimate of drug-likeness (QED) is 0.642. The summed E-state index contributed by atoms with van der Waals surface area (Å²) in [4.78, 5) is 13.8. The molecular weight excluding hydrogens is 400 g/mol. The molecule has 1 aliphatic carbocycles. The summed E-state index contributed by atoms with van der Waals surface area (Å²) in [6.45, 7) is 0.693. The van der Waals surface area contributed by atoms with E-state index in [4.69, 9.17) is 4.74 Å². The molecular formula is C27H26N2O3. The maximum absolute atomic E-state index is 12.0. The van der Waals surface area contributed by atoms with Gasteiger partial charge in [-0.2, -0.15) is 0 Å². The van der Waals surface area contributed by atoms with Crippen molar-refractivity contribution >= 4 is 5.97 Å². The summed E-state index contributed by atoms with van der Waals surface area (Å²) < 4.78 is 6.01. The van der Waals surface area contributed by atoms with Gasteiger partial charge in [-0.1, -0.05) is 36.4 Å². The number of carbonyl (C=O) groups is 1. The molecule has 2 heterocycles. The predicted octanol–water partition coefficient (Wildman–Crippen LogP) is 5.46. The molecule has 0 radical (unpaired) electrons. The summed E-state index contributed by atoms with van der Waals surface area (Å²) in [5.41, 5.74) is 4.46. The Kier molecular flexibility index (Phi) is 5.55. The number of allylic oxidation sites excluding steroid dienone is 4. The van der Waals surface area contributed by atoms with E-state index in [0.717, 1.165) is 42.9 Å². The van der Waals surface area contributed by atoms with Crippen LogP contribution in [0.2, 0.25) is 0 Å². The lowest BCUT2D eigenvalue weighted by Gasteiger charge is -2.31. The molecule has 2 aliphatic heterocycles. The number of hydrogen-bond donors (Lipinski definition) is 2. The highest BCUT2D eigenvalue weighted by Gasteiger charge is 2.27. The van der Waals surface area contributed by atoms with E-state index >= 15 is 0 Å². The minimum absolute atomic E-state index is 0.275. The number of nitrogens with one attached hydrogen (secondary N) is 1. The lowest BCUT2D eigenvalue weighted by atomic mass is 9.82. The molecule has 5 heteroatoms. The van der Waals surface area contributed by atoms with Crippen LogP contribution >= 0.6 is 0 Å². The number of fused-ring (bicyclic) bond motifs is 2. The van der Waals surface area contributed by atoms with Crippen molar-refractivity contribution < 1.29 is 14.6 Å². The number of aliphatic carboxylic acids is 1. The molecule has 32 heavy (non-hydrogen) atoms. The van der Waals surface area contributed by atoms with Gasteiger partial charge in [0.05, 0.1) is 5.70 Å². The predicted molar refractivity (Wildman–Crippen MR) is 124 cm³/mol. The van der Waals surface area contributed by atoms with E-state index < -0.39 is 5.97 Å². The van der Waals surface area contributed by atoms with Crippen molar-refractivity contribution in [2.75, 3.05) is 6.54 Å². The van der Waals surface area contributed by atoms with Crippen LogP contribution in [0.5, 0.6) is 11.5 Å². The van der Waals surface area contributed by atoms with Crippen LogP contribution in [-0.4, -0.2) is 22.5 Å². The second-order valence-electron chi connectivity index (χ2n) is 8.27. The van der Waals surface area contributed by atoms with Crippen LogP contribution in [-0.2, 0) is 11.2 Å². The van der Waals surface area contributed by atoms with Crippen LogP contribution in [0.15, 0.2) is 96.1 Å². The summed E-state index contributed by atoms with van der Waals surface area (Å²) in [7, 11) is 0. The summed E-state index contributed by atoms with van der Waals surface area (Å²) in [5, 5.41) is 13.3. The monoisotopic (exact) mass is 426 g/mol. The third-order valence-electron chi connectivity index (χ3n) is 6.19. The van der Waals surface area contributed by atoms with Crippen molar-refractivity contribution in [1.29, 1.82) is 0 Å². The first-order valence-electron chi connectivity index (χ1n) is 11.1. The molecule has 0 bridgehead atoms. The van der Waals surface area contributed by atoms with Crippen LogP contribution in [0.4, 0.5) is 0 Å². The zero-order valence-corrected chi connectivity index (χ0v) is 17.8. The molecule has 2 aromatic carbocycles. The third-order valence-corrected chi connectivity index (χ3v) is 6.19. The van der Waals surface area contributed by atoms with Gasteiger partial charge in [-0.05, 0) is 73.2 Å². The second kappa shape index (κ2) is 8.79. The van der Waals surface area contributed by atoms with Crippen LogP contribution < -0.4 is 10.1 Å². The van der Waals surface area contributed by atoms with Gasteiger partial charge < -0.3 is 20.1 Å². The Morgan fingerprint density at radius 2 is 2.00 bits per heavy atom. The van der Waals surface area contributed by atoms with Gasteiger partial charge in [0.2, 0.25) is 0 Å². The van der Waals surface area contributed by atoms with Crippen molar-refractivity contribution in [3.63, 3.8) is 0 Å². The molecule has 1 unspecified atom stereocenters. The van der Waals surface area contributed by atoms with E-state index in [9.17, 15) is 9.90 Å². The average molecular weight is 427 g/mol. The number of aryl methyl sites for hydroxylation is 1. The third kappa shape index (κ3) is 4.06. The molecule has 162 valence electrons. The Bertz CT molecular complexity index is 1140. The lowest BCUT2D eigenvalue weighted by molar-refractivity contribution is -0.134. The van der Waals surface area contributed by atoms with Crippen molar-refractivity contribution in [2.45, 2.75) is 31.6 Å². The molecule has 0 saturated carbocycles. The Morgan fingerprint density at radius 1 is 1.12 bits per heavy atom.